The van der Waals surface area contributed by atoms with E-state index in [1.54, 1.807) is 18.2 Å². The van der Waals surface area contributed by atoms with Crippen molar-refractivity contribution in [1.82, 2.24) is 4.98 Å². The maximum absolute atomic E-state index is 8.82. The highest BCUT2D eigenvalue weighted by Gasteiger charge is 2.11. The summed E-state index contributed by atoms with van der Waals surface area (Å²) in [6, 6.07) is 10.8. The summed E-state index contributed by atoms with van der Waals surface area (Å²) in [6.07, 6.45) is 0. The molecule has 0 bridgehead atoms. The first kappa shape index (κ1) is 12.2. The van der Waals surface area contributed by atoms with E-state index in [2.05, 4.69) is 9.96 Å². The largest absolute Gasteiger partial charge is 0.494 e. The predicted octanol–water partition coefficient (Wildman–Crippen LogP) is 3.85. The maximum atomic E-state index is 8.82. The van der Waals surface area contributed by atoms with Gasteiger partial charge in [0.1, 0.15) is 5.75 Å². The van der Waals surface area contributed by atoms with Crippen molar-refractivity contribution < 1.29 is 4.74 Å². The molecule has 0 aliphatic rings. The molecule has 0 saturated heterocycles. The smallest absolute Gasteiger partial charge is 0.387 e. The average molecular weight is 265 g/mol. The number of benzene rings is 2. The summed E-state index contributed by atoms with van der Waals surface area (Å²) in [5.74, 6) is 0.773. The lowest BCUT2D eigenvalue weighted by molar-refractivity contribution is 0.341. The number of aromatic nitrogens is 1. The molecule has 1 heterocycles. The highest BCUT2D eigenvalue weighted by molar-refractivity contribution is 6.07. The maximum Gasteiger partial charge on any atom is 0.387 e. The van der Waals surface area contributed by atoms with Crippen LogP contribution >= 0.6 is 0 Å². The topological polar surface area (TPSA) is 76.3 Å². The van der Waals surface area contributed by atoms with Gasteiger partial charge in [-0.1, -0.05) is 0 Å². The monoisotopic (exact) mass is 265 g/mol. The van der Waals surface area contributed by atoms with Crippen molar-refractivity contribution in [3.8, 4) is 5.75 Å². The third kappa shape index (κ3) is 1.88. The third-order valence-corrected chi connectivity index (χ3v) is 3.20. The summed E-state index contributed by atoms with van der Waals surface area (Å²) in [5, 5.41) is 10.5. The van der Waals surface area contributed by atoms with Crippen LogP contribution in [0.3, 0.4) is 0 Å². The zero-order valence-electron chi connectivity index (χ0n) is 11.0. The van der Waals surface area contributed by atoms with E-state index in [-0.39, 0.29) is 0 Å². The van der Waals surface area contributed by atoms with Crippen LogP contribution in [0.5, 0.6) is 5.75 Å². The van der Waals surface area contributed by atoms with E-state index in [1.807, 2.05) is 25.1 Å². The van der Waals surface area contributed by atoms with Gasteiger partial charge >= 0.3 is 5.69 Å². The normalized spacial score (nSPS) is 10.6. The number of fused-ring (bicyclic) bond motifs is 2. The average Bonchev–Trinajstić information content (AvgIpc) is 2.48. The molecule has 0 saturated carbocycles. The van der Waals surface area contributed by atoms with Gasteiger partial charge in [-0.05, 0) is 31.2 Å². The molecule has 0 amide bonds. The molecule has 20 heavy (non-hydrogen) atoms. The Kier molecular flexibility index (Phi) is 2.84. The first-order chi connectivity index (χ1) is 9.72. The Morgan fingerprint density at radius 2 is 2.00 bits per heavy atom. The van der Waals surface area contributed by atoms with E-state index in [9.17, 15) is 0 Å². The number of anilines is 1. The minimum Gasteiger partial charge on any atom is -0.494 e. The minimum absolute atomic E-state index is 0.453. The van der Waals surface area contributed by atoms with Crippen LogP contribution < -0.4 is 10.5 Å². The molecule has 2 N–H and O–H groups in total. The molecule has 5 nitrogen and oxygen atoms in total. The first-order valence-electron chi connectivity index (χ1n) is 6.34. The molecule has 1 aromatic heterocycles. The Morgan fingerprint density at radius 3 is 2.75 bits per heavy atom. The lowest BCUT2D eigenvalue weighted by Crippen LogP contribution is -1.95. The molecule has 2 aromatic carbocycles. The standard InChI is InChI=1S/C15H13N4O/c1-2-20-10-4-6-13-12(8-10)15(16)11-5-3-9(19-17)7-14(11)18-13/h3-8H,2H2,1H3,(H2,16,18)/q+1. The fourth-order valence-electron chi connectivity index (χ4n) is 2.26. The number of pyridine rings is 1. The Hall–Kier alpha value is -2.87. The van der Waals surface area contributed by atoms with Gasteiger partial charge in [0.25, 0.3) is 0 Å². The molecule has 0 unspecified atom stereocenters. The molecular formula is C15H13N4O+. The molecule has 98 valence electrons. The van der Waals surface area contributed by atoms with E-state index in [1.165, 1.54) is 0 Å². The molecule has 0 spiro atoms. The molecule has 3 rings (SSSR count). The number of rotatable bonds is 2. The van der Waals surface area contributed by atoms with Crippen LogP contribution in [0, 0.1) is 5.39 Å². The molecule has 0 atom stereocenters. The number of nitrogen functional groups attached to an aromatic ring is 1. The molecule has 0 fully saturated rings. The van der Waals surface area contributed by atoms with Crippen LogP contribution in [-0.4, -0.2) is 11.6 Å². The van der Waals surface area contributed by atoms with E-state index in [0.29, 0.717) is 23.5 Å². The predicted molar refractivity (Wildman–Crippen MR) is 79.6 cm³/mol. The van der Waals surface area contributed by atoms with E-state index in [0.717, 1.165) is 22.0 Å². The summed E-state index contributed by atoms with van der Waals surface area (Å²) < 4.78 is 5.49. The SMILES string of the molecule is CCOc1ccc2nc3cc([N+]#N)ccc3c(N)c2c1. The first-order valence-corrected chi connectivity index (χ1v) is 6.34. The summed E-state index contributed by atoms with van der Waals surface area (Å²) in [7, 11) is 0. The zero-order chi connectivity index (χ0) is 14.1. The second kappa shape index (κ2) is 4.67. The lowest BCUT2D eigenvalue weighted by Gasteiger charge is -2.08. The summed E-state index contributed by atoms with van der Waals surface area (Å²) in [4.78, 5) is 7.71. The quantitative estimate of drug-likeness (QED) is 0.564. The van der Waals surface area contributed by atoms with Crippen molar-refractivity contribution in [2.75, 3.05) is 12.3 Å². The number of hydrogen-bond donors (Lipinski definition) is 1. The van der Waals surface area contributed by atoms with Crippen LogP contribution in [0.15, 0.2) is 36.4 Å². The van der Waals surface area contributed by atoms with Crippen LogP contribution in [0.25, 0.3) is 26.8 Å². The number of nitrogens with two attached hydrogens (primary N) is 1. The number of diazo groups is 1. The second-order valence-corrected chi connectivity index (χ2v) is 4.44. The van der Waals surface area contributed by atoms with Crippen molar-refractivity contribution in [3.63, 3.8) is 0 Å². The van der Waals surface area contributed by atoms with Gasteiger partial charge < -0.3 is 10.5 Å². The molecule has 5 heteroatoms. The van der Waals surface area contributed by atoms with Crippen LogP contribution in [0.2, 0.25) is 0 Å². The zero-order valence-corrected chi connectivity index (χ0v) is 11.0. The number of hydrogen-bond acceptors (Lipinski definition) is 4. The van der Waals surface area contributed by atoms with Gasteiger partial charge in [0, 0.05) is 16.8 Å². The van der Waals surface area contributed by atoms with E-state index >= 15 is 0 Å². The van der Waals surface area contributed by atoms with E-state index in [4.69, 9.17) is 15.9 Å². The second-order valence-electron chi connectivity index (χ2n) is 4.44. The van der Waals surface area contributed by atoms with Crippen molar-refractivity contribution in [1.29, 1.82) is 5.39 Å². The van der Waals surface area contributed by atoms with Gasteiger partial charge in [-0.2, -0.15) is 0 Å². The summed E-state index contributed by atoms with van der Waals surface area (Å²) >= 11 is 0. The van der Waals surface area contributed by atoms with Crippen LogP contribution in [0.4, 0.5) is 11.4 Å². The summed E-state index contributed by atoms with van der Waals surface area (Å²) in [6.45, 7) is 2.54. The van der Waals surface area contributed by atoms with Gasteiger partial charge in [-0.15, -0.1) is 0 Å². The summed E-state index contributed by atoms with van der Waals surface area (Å²) in [5.41, 5.74) is 8.81. The van der Waals surface area contributed by atoms with Crippen molar-refractivity contribution >= 4 is 33.2 Å². The van der Waals surface area contributed by atoms with Crippen molar-refractivity contribution in [2.45, 2.75) is 6.92 Å². The molecule has 0 radical (unpaired) electrons. The molecular weight excluding hydrogens is 252 g/mol. The highest BCUT2D eigenvalue weighted by atomic mass is 16.5. The molecule has 0 aliphatic heterocycles. The lowest BCUT2D eigenvalue weighted by atomic mass is 10.1. The number of ether oxygens (including phenoxy) is 1. The Labute approximate surface area is 115 Å². The van der Waals surface area contributed by atoms with Gasteiger partial charge in [-0.25, -0.2) is 4.98 Å². The van der Waals surface area contributed by atoms with Crippen molar-refractivity contribution in [2.24, 2.45) is 0 Å². The fourth-order valence-corrected chi connectivity index (χ4v) is 2.26. The minimum atomic E-state index is 0.453. The van der Waals surface area contributed by atoms with Crippen LogP contribution in [-0.2, 0) is 0 Å². The van der Waals surface area contributed by atoms with Gasteiger partial charge in [0.2, 0.25) is 5.39 Å². The highest BCUT2D eigenvalue weighted by Crippen LogP contribution is 2.32. The Morgan fingerprint density at radius 1 is 1.15 bits per heavy atom. The van der Waals surface area contributed by atoms with Crippen molar-refractivity contribution in [3.05, 3.63) is 41.4 Å². The number of nitrogens with zero attached hydrogens (tertiary/aromatic N) is 3. The van der Waals surface area contributed by atoms with E-state index < -0.39 is 0 Å². The Bertz CT molecular complexity index is 852. The molecule has 3 aromatic rings. The fraction of sp³-hybridized carbons (Fsp3) is 0.133. The Balaban J connectivity index is 2.32. The van der Waals surface area contributed by atoms with Gasteiger partial charge in [0.15, 0.2) is 4.98 Å². The molecule has 0 aliphatic carbocycles. The van der Waals surface area contributed by atoms with Crippen LogP contribution in [0.1, 0.15) is 6.92 Å². The van der Waals surface area contributed by atoms with Gasteiger partial charge in [0.05, 0.1) is 29.4 Å². The third-order valence-electron chi connectivity index (χ3n) is 3.20. The van der Waals surface area contributed by atoms with Gasteiger partial charge in [-0.3, -0.25) is 0 Å².